The van der Waals surface area contributed by atoms with Crippen LogP contribution < -0.4 is 5.32 Å². The number of hydrogen-bond donors (Lipinski definition) is 1. The van der Waals surface area contributed by atoms with Gasteiger partial charge in [-0.1, -0.05) is 35.0 Å². The zero-order valence-electron chi connectivity index (χ0n) is 12.9. The van der Waals surface area contributed by atoms with E-state index in [1.807, 2.05) is 4.68 Å². The fraction of sp³-hybridized carbons (Fsp3) is 0.500. The fourth-order valence-electron chi connectivity index (χ4n) is 2.38. The van der Waals surface area contributed by atoms with E-state index in [2.05, 4.69) is 76.4 Å². The molecule has 1 atom stereocenters. The van der Waals surface area contributed by atoms with Crippen LogP contribution in [0.15, 0.2) is 35.1 Å². The third-order valence-corrected chi connectivity index (χ3v) is 3.91. The number of nitrogens with one attached hydrogen (secondary N) is 1. The lowest BCUT2D eigenvalue weighted by Crippen LogP contribution is -2.25. The van der Waals surface area contributed by atoms with Gasteiger partial charge in [0, 0.05) is 23.0 Å². The minimum atomic E-state index is 0.254. The summed E-state index contributed by atoms with van der Waals surface area (Å²) in [5.74, 6) is 1.03. The van der Waals surface area contributed by atoms with Crippen LogP contribution in [-0.2, 0) is 6.42 Å². The van der Waals surface area contributed by atoms with Gasteiger partial charge in [-0.3, -0.25) is 0 Å². The van der Waals surface area contributed by atoms with Crippen molar-refractivity contribution in [3.8, 4) is 0 Å². The Hall–Kier alpha value is -1.20. The molecule has 0 radical (unpaired) electrons. The highest BCUT2D eigenvalue weighted by Gasteiger charge is 2.16. The van der Waals surface area contributed by atoms with Crippen LogP contribution in [0.2, 0.25) is 0 Å². The molecule has 0 spiro atoms. The monoisotopic (exact) mass is 350 g/mol. The van der Waals surface area contributed by atoms with E-state index in [1.54, 1.807) is 6.33 Å². The van der Waals surface area contributed by atoms with Gasteiger partial charge in [0.2, 0.25) is 0 Å². The minimum absolute atomic E-state index is 0.254. The molecule has 1 aromatic heterocycles. The highest BCUT2D eigenvalue weighted by molar-refractivity contribution is 9.10. The van der Waals surface area contributed by atoms with Crippen molar-refractivity contribution in [2.75, 3.05) is 6.54 Å². The van der Waals surface area contributed by atoms with Crippen molar-refractivity contribution in [3.05, 3.63) is 46.5 Å². The lowest BCUT2D eigenvalue weighted by molar-refractivity contribution is 0.463. The number of benzene rings is 1. The van der Waals surface area contributed by atoms with Crippen molar-refractivity contribution < 1.29 is 0 Å². The van der Waals surface area contributed by atoms with Crippen LogP contribution in [0.4, 0.5) is 0 Å². The number of nitrogens with zero attached hydrogens (tertiary/aromatic N) is 3. The normalized spacial score (nSPS) is 12.8. The summed E-state index contributed by atoms with van der Waals surface area (Å²) in [6.07, 6.45) is 3.60. The molecule has 2 rings (SSSR count). The first kappa shape index (κ1) is 16.2. The zero-order valence-corrected chi connectivity index (χ0v) is 14.5. The second-order valence-electron chi connectivity index (χ2n) is 5.48. The Bertz CT molecular complexity index is 565. The molecule has 5 heteroatoms. The molecule has 0 saturated heterocycles. The first-order valence-corrected chi connectivity index (χ1v) is 8.28. The Kier molecular flexibility index (Phi) is 5.94. The Morgan fingerprint density at radius 3 is 2.81 bits per heavy atom. The molecule has 1 N–H and O–H groups in total. The van der Waals surface area contributed by atoms with Crippen LogP contribution in [-0.4, -0.2) is 21.3 Å². The zero-order chi connectivity index (χ0) is 15.2. The van der Waals surface area contributed by atoms with Gasteiger partial charge in [-0.05, 0) is 44.5 Å². The Morgan fingerprint density at radius 1 is 1.33 bits per heavy atom. The molecule has 0 fully saturated rings. The van der Waals surface area contributed by atoms with Crippen molar-refractivity contribution in [2.45, 2.75) is 45.7 Å². The topological polar surface area (TPSA) is 42.7 Å². The predicted molar refractivity (Wildman–Crippen MR) is 89.3 cm³/mol. The predicted octanol–water partition coefficient (Wildman–Crippen LogP) is 3.90. The van der Waals surface area contributed by atoms with Crippen molar-refractivity contribution in [3.63, 3.8) is 0 Å². The molecule has 0 saturated carbocycles. The summed E-state index contributed by atoms with van der Waals surface area (Å²) >= 11 is 3.55. The summed E-state index contributed by atoms with van der Waals surface area (Å²) < 4.78 is 3.10. The third-order valence-electron chi connectivity index (χ3n) is 3.41. The van der Waals surface area contributed by atoms with Gasteiger partial charge in [0.1, 0.15) is 12.2 Å². The number of hydrogen-bond acceptors (Lipinski definition) is 3. The van der Waals surface area contributed by atoms with E-state index in [0.29, 0.717) is 6.04 Å². The van der Waals surface area contributed by atoms with Gasteiger partial charge < -0.3 is 5.32 Å². The molecule has 0 aliphatic carbocycles. The van der Waals surface area contributed by atoms with Crippen molar-refractivity contribution in [1.82, 2.24) is 20.1 Å². The summed E-state index contributed by atoms with van der Waals surface area (Å²) in [4.78, 5) is 4.43. The molecule has 0 aliphatic heterocycles. The average molecular weight is 351 g/mol. The second kappa shape index (κ2) is 7.71. The maximum atomic E-state index is 4.43. The summed E-state index contributed by atoms with van der Waals surface area (Å²) in [5, 5.41) is 7.94. The van der Waals surface area contributed by atoms with Gasteiger partial charge >= 0.3 is 0 Å². The van der Waals surface area contributed by atoms with Crippen LogP contribution >= 0.6 is 15.9 Å². The highest BCUT2D eigenvalue weighted by atomic mass is 79.9. The van der Waals surface area contributed by atoms with Crippen molar-refractivity contribution in [2.24, 2.45) is 0 Å². The van der Waals surface area contributed by atoms with Gasteiger partial charge in [0.05, 0.1) is 0 Å². The van der Waals surface area contributed by atoms with E-state index in [1.165, 1.54) is 5.56 Å². The van der Waals surface area contributed by atoms with Gasteiger partial charge in [-0.2, -0.15) is 5.10 Å². The highest BCUT2D eigenvalue weighted by Crippen LogP contribution is 2.22. The summed E-state index contributed by atoms with van der Waals surface area (Å²) in [5.41, 5.74) is 1.27. The number of aromatic nitrogens is 3. The minimum Gasteiger partial charge on any atom is -0.310 e. The van der Waals surface area contributed by atoms with Crippen LogP contribution in [0.1, 0.15) is 50.7 Å². The first-order chi connectivity index (χ1) is 10.1. The molecule has 1 heterocycles. The smallest absolute Gasteiger partial charge is 0.138 e. The van der Waals surface area contributed by atoms with E-state index in [0.717, 1.165) is 29.7 Å². The molecular formula is C16H23BrN4. The molecule has 2 aromatic rings. The lowest BCUT2D eigenvalue weighted by Gasteiger charge is -2.20. The molecular weight excluding hydrogens is 328 g/mol. The van der Waals surface area contributed by atoms with Crippen LogP contribution in [0.3, 0.4) is 0 Å². The first-order valence-electron chi connectivity index (χ1n) is 7.49. The van der Waals surface area contributed by atoms with E-state index in [-0.39, 0.29) is 6.04 Å². The molecule has 0 aliphatic rings. The largest absolute Gasteiger partial charge is 0.310 e. The molecule has 1 aromatic carbocycles. The van der Waals surface area contributed by atoms with E-state index < -0.39 is 0 Å². The molecule has 21 heavy (non-hydrogen) atoms. The molecule has 114 valence electrons. The van der Waals surface area contributed by atoms with E-state index in [4.69, 9.17) is 0 Å². The molecule has 0 amide bonds. The Morgan fingerprint density at radius 2 is 2.14 bits per heavy atom. The maximum absolute atomic E-state index is 4.43. The summed E-state index contributed by atoms with van der Waals surface area (Å²) in [6, 6.07) is 9.04. The Balaban J connectivity index is 2.22. The van der Waals surface area contributed by atoms with Crippen LogP contribution in [0.25, 0.3) is 0 Å². The van der Waals surface area contributed by atoms with Gasteiger partial charge in [0.15, 0.2) is 0 Å². The maximum Gasteiger partial charge on any atom is 0.138 e. The number of rotatable bonds is 7. The SMILES string of the molecule is CCCNC(Cc1ncnn1C(C)C)c1cccc(Br)c1. The van der Waals surface area contributed by atoms with Crippen LogP contribution in [0, 0.1) is 0 Å². The average Bonchev–Trinajstić information content (AvgIpc) is 2.91. The van der Waals surface area contributed by atoms with Gasteiger partial charge in [-0.15, -0.1) is 0 Å². The molecule has 0 bridgehead atoms. The summed E-state index contributed by atoms with van der Waals surface area (Å²) in [7, 11) is 0. The quantitative estimate of drug-likeness (QED) is 0.823. The second-order valence-corrected chi connectivity index (χ2v) is 6.40. The van der Waals surface area contributed by atoms with Gasteiger partial charge in [0.25, 0.3) is 0 Å². The number of halogens is 1. The van der Waals surface area contributed by atoms with Crippen molar-refractivity contribution in [1.29, 1.82) is 0 Å². The standard InChI is InChI=1S/C16H23BrN4/c1-4-8-18-15(13-6-5-7-14(17)9-13)10-16-19-11-20-21(16)12(2)3/h5-7,9,11-12,15,18H,4,8,10H2,1-3H3. The Labute approximate surface area is 135 Å². The summed E-state index contributed by atoms with van der Waals surface area (Å²) in [6.45, 7) is 7.44. The van der Waals surface area contributed by atoms with E-state index in [9.17, 15) is 0 Å². The fourth-order valence-corrected chi connectivity index (χ4v) is 2.80. The lowest BCUT2D eigenvalue weighted by atomic mass is 10.0. The third kappa shape index (κ3) is 4.38. The van der Waals surface area contributed by atoms with Gasteiger partial charge in [-0.25, -0.2) is 9.67 Å². The molecule has 4 nitrogen and oxygen atoms in total. The van der Waals surface area contributed by atoms with Crippen molar-refractivity contribution >= 4 is 15.9 Å². The van der Waals surface area contributed by atoms with E-state index >= 15 is 0 Å². The molecule has 1 unspecified atom stereocenters. The van der Waals surface area contributed by atoms with Crippen LogP contribution in [0.5, 0.6) is 0 Å².